The zero-order chi connectivity index (χ0) is 11.5. The van der Waals surface area contributed by atoms with E-state index in [2.05, 4.69) is 22.5 Å². The number of alkyl halides is 3. The van der Waals surface area contributed by atoms with Gasteiger partial charge in [0, 0.05) is 0 Å². The van der Waals surface area contributed by atoms with Crippen LogP contribution in [0, 0.1) is 0 Å². The van der Waals surface area contributed by atoms with Crippen molar-refractivity contribution >= 4 is 15.9 Å². The molecule has 82 valence electrons. The standard InChI is InChI=1S/C10H8BrF3O/c1-2-5-15-9-4-3-7(6-8(9)11)10(12,13)14/h2-4,6H,1,5H2. The van der Waals surface area contributed by atoms with Crippen LogP contribution in [0.25, 0.3) is 0 Å². The van der Waals surface area contributed by atoms with E-state index in [0.717, 1.165) is 12.1 Å². The fourth-order valence-corrected chi connectivity index (χ4v) is 1.44. The third-order valence-electron chi connectivity index (χ3n) is 1.62. The summed E-state index contributed by atoms with van der Waals surface area (Å²) >= 11 is 3.01. The molecule has 0 atom stereocenters. The van der Waals surface area contributed by atoms with Gasteiger partial charge in [0.05, 0.1) is 10.0 Å². The average molecular weight is 281 g/mol. The van der Waals surface area contributed by atoms with Crippen molar-refractivity contribution < 1.29 is 17.9 Å². The molecule has 1 nitrogen and oxygen atoms in total. The average Bonchev–Trinajstić information content (AvgIpc) is 2.14. The van der Waals surface area contributed by atoms with Crippen LogP contribution < -0.4 is 4.74 Å². The van der Waals surface area contributed by atoms with Gasteiger partial charge in [0.25, 0.3) is 0 Å². The summed E-state index contributed by atoms with van der Waals surface area (Å²) in [5.41, 5.74) is -0.708. The van der Waals surface area contributed by atoms with E-state index in [9.17, 15) is 13.2 Å². The van der Waals surface area contributed by atoms with Gasteiger partial charge in [-0.2, -0.15) is 13.2 Å². The molecule has 5 heteroatoms. The summed E-state index contributed by atoms with van der Waals surface area (Å²) in [4.78, 5) is 0. The van der Waals surface area contributed by atoms with Crippen LogP contribution in [0.3, 0.4) is 0 Å². The number of benzene rings is 1. The zero-order valence-electron chi connectivity index (χ0n) is 7.64. The van der Waals surface area contributed by atoms with Gasteiger partial charge in [0.2, 0.25) is 0 Å². The molecular weight excluding hydrogens is 273 g/mol. The van der Waals surface area contributed by atoms with Crippen molar-refractivity contribution in [3.8, 4) is 5.75 Å². The van der Waals surface area contributed by atoms with E-state index in [0.29, 0.717) is 5.75 Å². The quantitative estimate of drug-likeness (QED) is 0.760. The molecule has 0 bridgehead atoms. The number of halogens is 4. The maximum Gasteiger partial charge on any atom is 0.416 e. The minimum Gasteiger partial charge on any atom is -0.488 e. The summed E-state index contributed by atoms with van der Waals surface area (Å²) in [7, 11) is 0. The molecule has 0 heterocycles. The molecular formula is C10H8BrF3O. The molecule has 0 aliphatic heterocycles. The van der Waals surface area contributed by atoms with Gasteiger partial charge in [0.1, 0.15) is 12.4 Å². The van der Waals surface area contributed by atoms with Crippen LogP contribution in [0.15, 0.2) is 35.3 Å². The first-order chi connectivity index (χ1) is 6.95. The Kier molecular flexibility index (Phi) is 3.79. The number of hydrogen-bond donors (Lipinski definition) is 0. The molecule has 0 aliphatic carbocycles. The molecule has 0 aromatic heterocycles. The van der Waals surface area contributed by atoms with Crippen LogP contribution >= 0.6 is 15.9 Å². The van der Waals surface area contributed by atoms with Crippen molar-refractivity contribution in [3.63, 3.8) is 0 Å². The third-order valence-corrected chi connectivity index (χ3v) is 2.24. The molecule has 1 rings (SSSR count). The zero-order valence-corrected chi connectivity index (χ0v) is 9.23. The Morgan fingerprint density at radius 2 is 2.07 bits per heavy atom. The Morgan fingerprint density at radius 3 is 2.53 bits per heavy atom. The summed E-state index contributed by atoms with van der Waals surface area (Å²) in [5.74, 6) is 0.364. The lowest BCUT2D eigenvalue weighted by atomic mass is 10.2. The highest BCUT2D eigenvalue weighted by atomic mass is 79.9. The molecule has 0 spiro atoms. The summed E-state index contributed by atoms with van der Waals surface area (Å²) in [6.07, 6.45) is -2.82. The first kappa shape index (κ1) is 12.1. The first-order valence-corrected chi connectivity index (χ1v) is 4.85. The predicted octanol–water partition coefficient (Wildman–Crippen LogP) is 4.03. The Hall–Kier alpha value is -0.970. The number of hydrogen-bond acceptors (Lipinski definition) is 1. The van der Waals surface area contributed by atoms with E-state index in [1.165, 1.54) is 12.1 Å². The lowest BCUT2D eigenvalue weighted by Gasteiger charge is -2.10. The van der Waals surface area contributed by atoms with Crippen molar-refractivity contribution in [1.82, 2.24) is 0 Å². The lowest BCUT2D eigenvalue weighted by molar-refractivity contribution is -0.137. The molecule has 1 aromatic carbocycles. The Balaban J connectivity index is 2.93. The van der Waals surface area contributed by atoms with Crippen LogP contribution in [0.4, 0.5) is 13.2 Å². The molecule has 0 aliphatic rings. The molecule has 0 saturated carbocycles. The second-order valence-electron chi connectivity index (χ2n) is 2.74. The second kappa shape index (κ2) is 4.70. The Morgan fingerprint density at radius 1 is 1.40 bits per heavy atom. The summed E-state index contributed by atoms with van der Waals surface area (Å²) in [6, 6.07) is 3.23. The SMILES string of the molecule is C=CCOc1ccc(C(F)(F)F)cc1Br. The van der Waals surface area contributed by atoms with Crippen molar-refractivity contribution in [2.45, 2.75) is 6.18 Å². The highest BCUT2D eigenvalue weighted by Gasteiger charge is 2.30. The van der Waals surface area contributed by atoms with E-state index in [-0.39, 0.29) is 11.1 Å². The fourth-order valence-electron chi connectivity index (χ4n) is 0.943. The minimum absolute atomic E-state index is 0.254. The van der Waals surface area contributed by atoms with E-state index in [1.807, 2.05) is 0 Å². The van der Waals surface area contributed by atoms with Gasteiger partial charge in [-0.15, -0.1) is 0 Å². The van der Waals surface area contributed by atoms with Gasteiger partial charge in [-0.25, -0.2) is 0 Å². The molecule has 0 unspecified atom stereocenters. The second-order valence-corrected chi connectivity index (χ2v) is 3.60. The normalized spacial score (nSPS) is 11.2. The van der Waals surface area contributed by atoms with Crippen LogP contribution in [-0.2, 0) is 6.18 Å². The first-order valence-electron chi connectivity index (χ1n) is 4.05. The number of ether oxygens (including phenoxy) is 1. The Bertz CT molecular complexity index is 360. The maximum atomic E-state index is 12.3. The molecule has 0 radical (unpaired) electrons. The summed E-state index contributed by atoms with van der Waals surface area (Å²) < 4.78 is 42.2. The van der Waals surface area contributed by atoms with E-state index >= 15 is 0 Å². The summed E-state index contributed by atoms with van der Waals surface area (Å²) in [5, 5.41) is 0. The Labute approximate surface area is 93.7 Å². The van der Waals surface area contributed by atoms with Gasteiger partial charge >= 0.3 is 6.18 Å². The molecule has 15 heavy (non-hydrogen) atoms. The van der Waals surface area contributed by atoms with E-state index in [1.54, 1.807) is 0 Å². The van der Waals surface area contributed by atoms with Crippen molar-refractivity contribution in [2.75, 3.05) is 6.61 Å². The van der Waals surface area contributed by atoms with Gasteiger partial charge in [0.15, 0.2) is 0 Å². The molecule has 0 saturated heterocycles. The topological polar surface area (TPSA) is 9.23 Å². The molecule has 1 aromatic rings. The van der Waals surface area contributed by atoms with Crippen molar-refractivity contribution in [3.05, 3.63) is 40.9 Å². The van der Waals surface area contributed by atoms with Gasteiger partial charge in [-0.05, 0) is 34.1 Å². The third kappa shape index (κ3) is 3.27. The van der Waals surface area contributed by atoms with Gasteiger partial charge in [-0.1, -0.05) is 12.7 Å². The van der Waals surface area contributed by atoms with E-state index < -0.39 is 11.7 Å². The lowest BCUT2D eigenvalue weighted by Crippen LogP contribution is -2.05. The van der Waals surface area contributed by atoms with Crippen LogP contribution in [0.1, 0.15) is 5.56 Å². The van der Waals surface area contributed by atoms with Crippen LogP contribution in [0.5, 0.6) is 5.75 Å². The van der Waals surface area contributed by atoms with Crippen molar-refractivity contribution in [1.29, 1.82) is 0 Å². The monoisotopic (exact) mass is 280 g/mol. The highest BCUT2D eigenvalue weighted by molar-refractivity contribution is 9.10. The van der Waals surface area contributed by atoms with E-state index in [4.69, 9.17) is 4.74 Å². The van der Waals surface area contributed by atoms with Gasteiger partial charge in [-0.3, -0.25) is 0 Å². The highest BCUT2D eigenvalue weighted by Crippen LogP contribution is 2.34. The molecule has 0 amide bonds. The maximum absolute atomic E-state index is 12.3. The molecule has 0 N–H and O–H groups in total. The van der Waals surface area contributed by atoms with Gasteiger partial charge < -0.3 is 4.74 Å². The summed E-state index contributed by atoms with van der Waals surface area (Å²) in [6.45, 7) is 3.70. The largest absolute Gasteiger partial charge is 0.488 e. The van der Waals surface area contributed by atoms with Crippen LogP contribution in [-0.4, -0.2) is 6.61 Å². The minimum atomic E-state index is -4.33. The smallest absolute Gasteiger partial charge is 0.416 e. The van der Waals surface area contributed by atoms with Crippen LogP contribution in [0.2, 0.25) is 0 Å². The van der Waals surface area contributed by atoms with Crippen molar-refractivity contribution in [2.24, 2.45) is 0 Å². The fraction of sp³-hybridized carbons (Fsp3) is 0.200. The predicted molar refractivity (Wildman–Crippen MR) is 54.8 cm³/mol. The number of rotatable bonds is 3. The molecule has 0 fully saturated rings.